The van der Waals surface area contributed by atoms with Gasteiger partial charge < -0.3 is 14.5 Å². The summed E-state index contributed by atoms with van der Waals surface area (Å²) in [5, 5.41) is 0. The van der Waals surface area contributed by atoms with Crippen molar-refractivity contribution in [3.05, 3.63) is 59.9 Å². The van der Waals surface area contributed by atoms with Crippen molar-refractivity contribution in [3.8, 4) is 5.75 Å². The molecule has 136 valence electrons. The highest BCUT2D eigenvalue weighted by molar-refractivity contribution is 5.94. The number of carbonyl (C=O) groups excluding carboxylic acids is 2. The van der Waals surface area contributed by atoms with Crippen LogP contribution >= 0.6 is 0 Å². The SMILES string of the molecule is COc1cccnc1CN1C(=O)CN(CCc2ccccc2)C(=O)[C@@H]1C. The number of piperazine rings is 1. The number of hydrogen-bond acceptors (Lipinski definition) is 4. The van der Waals surface area contributed by atoms with Crippen LogP contribution in [0.25, 0.3) is 0 Å². The van der Waals surface area contributed by atoms with Crippen LogP contribution in [0.15, 0.2) is 48.7 Å². The lowest BCUT2D eigenvalue weighted by Crippen LogP contribution is -2.58. The van der Waals surface area contributed by atoms with Crippen molar-refractivity contribution in [3.63, 3.8) is 0 Å². The summed E-state index contributed by atoms with van der Waals surface area (Å²) in [6.07, 6.45) is 2.39. The molecule has 1 saturated heterocycles. The second kappa shape index (κ2) is 7.99. The molecule has 1 aromatic heterocycles. The molecule has 3 rings (SSSR count). The number of hydrogen-bond donors (Lipinski definition) is 0. The lowest BCUT2D eigenvalue weighted by Gasteiger charge is -2.38. The van der Waals surface area contributed by atoms with E-state index in [1.165, 1.54) is 0 Å². The van der Waals surface area contributed by atoms with Gasteiger partial charge in [0, 0.05) is 12.7 Å². The molecule has 26 heavy (non-hydrogen) atoms. The smallest absolute Gasteiger partial charge is 0.245 e. The van der Waals surface area contributed by atoms with Gasteiger partial charge >= 0.3 is 0 Å². The van der Waals surface area contributed by atoms with Crippen LogP contribution in [0.4, 0.5) is 0 Å². The van der Waals surface area contributed by atoms with Gasteiger partial charge in [0.2, 0.25) is 11.8 Å². The first-order valence-electron chi connectivity index (χ1n) is 8.70. The molecule has 0 aliphatic carbocycles. The van der Waals surface area contributed by atoms with Gasteiger partial charge in [-0.1, -0.05) is 30.3 Å². The van der Waals surface area contributed by atoms with E-state index in [1.807, 2.05) is 30.3 Å². The molecule has 0 spiro atoms. The van der Waals surface area contributed by atoms with Crippen molar-refractivity contribution < 1.29 is 14.3 Å². The van der Waals surface area contributed by atoms with Crippen molar-refractivity contribution in [2.45, 2.75) is 25.9 Å². The third kappa shape index (κ3) is 3.85. The Morgan fingerprint density at radius 3 is 2.65 bits per heavy atom. The van der Waals surface area contributed by atoms with Crippen LogP contribution in [0.2, 0.25) is 0 Å². The molecule has 0 radical (unpaired) electrons. The minimum absolute atomic E-state index is 0.0320. The van der Waals surface area contributed by atoms with Crippen LogP contribution in [0.5, 0.6) is 5.75 Å². The van der Waals surface area contributed by atoms with Crippen molar-refractivity contribution in [1.29, 1.82) is 0 Å². The van der Waals surface area contributed by atoms with Crippen LogP contribution in [-0.4, -0.2) is 52.8 Å². The molecule has 1 aliphatic heterocycles. The zero-order valence-corrected chi connectivity index (χ0v) is 15.1. The van der Waals surface area contributed by atoms with Crippen LogP contribution in [0.1, 0.15) is 18.2 Å². The Morgan fingerprint density at radius 2 is 1.92 bits per heavy atom. The first kappa shape index (κ1) is 17.9. The van der Waals surface area contributed by atoms with Gasteiger partial charge in [-0.15, -0.1) is 0 Å². The van der Waals surface area contributed by atoms with Crippen molar-refractivity contribution in [1.82, 2.24) is 14.8 Å². The molecular formula is C20H23N3O3. The highest BCUT2D eigenvalue weighted by atomic mass is 16.5. The van der Waals surface area contributed by atoms with E-state index in [1.54, 1.807) is 42.2 Å². The van der Waals surface area contributed by atoms with Gasteiger partial charge in [-0.2, -0.15) is 0 Å². The van der Waals surface area contributed by atoms with E-state index in [4.69, 9.17) is 4.74 Å². The molecule has 2 heterocycles. The quantitative estimate of drug-likeness (QED) is 0.796. The Kier molecular flexibility index (Phi) is 5.51. The number of methoxy groups -OCH3 is 1. The number of rotatable bonds is 6. The van der Waals surface area contributed by atoms with Crippen LogP contribution in [0, 0.1) is 0 Å². The lowest BCUT2D eigenvalue weighted by atomic mass is 10.1. The minimum Gasteiger partial charge on any atom is -0.495 e. The molecule has 2 amide bonds. The number of ether oxygens (including phenoxy) is 1. The third-order valence-corrected chi connectivity index (χ3v) is 4.68. The highest BCUT2D eigenvalue weighted by Crippen LogP contribution is 2.21. The average Bonchev–Trinajstić information content (AvgIpc) is 2.68. The van der Waals surface area contributed by atoms with Crippen molar-refractivity contribution >= 4 is 11.8 Å². The summed E-state index contributed by atoms with van der Waals surface area (Å²) in [6, 6.07) is 13.0. The molecule has 6 nitrogen and oxygen atoms in total. The minimum atomic E-state index is -0.515. The van der Waals surface area contributed by atoms with Gasteiger partial charge in [-0.25, -0.2) is 0 Å². The van der Waals surface area contributed by atoms with Gasteiger partial charge in [-0.3, -0.25) is 14.6 Å². The van der Waals surface area contributed by atoms with Gasteiger partial charge in [0.25, 0.3) is 0 Å². The number of pyridine rings is 1. The number of carbonyl (C=O) groups is 2. The monoisotopic (exact) mass is 353 g/mol. The molecule has 1 aromatic carbocycles. The molecule has 1 aliphatic rings. The topological polar surface area (TPSA) is 62.7 Å². The first-order chi connectivity index (χ1) is 12.6. The molecular weight excluding hydrogens is 330 g/mol. The van der Waals surface area contributed by atoms with E-state index in [2.05, 4.69) is 4.98 Å². The zero-order chi connectivity index (χ0) is 18.5. The molecule has 0 unspecified atom stereocenters. The van der Waals surface area contributed by atoms with Gasteiger partial charge in [-0.05, 0) is 31.0 Å². The summed E-state index contributed by atoms with van der Waals surface area (Å²) in [7, 11) is 1.57. The summed E-state index contributed by atoms with van der Waals surface area (Å²) in [5.74, 6) is 0.514. The summed E-state index contributed by atoms with van der Waals surface area (Å²) in [4.78, 5) is 32.9. The fourth-order valence-corrected chi connectivity index (χ4v) is 3.16. The van der Waals surface area contributed by atoms with Crippen LogP contribution in [0.3, 0.4) is 0 Å². The largest absolute Gasteiger partial charge is 0.495 e. The summed E-state index contributed by atoms with van der Waals surface area (Å²) in [6.45, 7) is 2.68. The molecule has 0 saturated carbocycles. The number of amides is 2. The van der Waals surface area contributed by atoms with E-state index in [9.17, 15) is 9.59 Å². The van der Waals surface area contributed by atoms with E-state index >= 15 is 0 Å². The van der Waals surface area contributed by atoms with E-state index < -0.39 is 6.04 Å². The normalized spacial score (nSPS) is 17.5. The molecule has 1 fully saturated rings. The van der Waals surface area contributed by atoms with Gasteiger partial charge in [0.1, 0.15) is 17.5 Å². The molecule has 1 atom stereocenters. The Balaban J connectivity index is 1.67. The van der Waals surface area contributed by atoms with E-state index in [0.717, 1.165) is 12.0 Å². The predicted octanol–water partition coefficient (Wildman–Crippen LogP) is 1.89. The Bertz CT molecular complexity index is 779. The second-order valence-corrected chi connectivity index (χ2v) is 6.35. The Labute approximate surface area is 153 Å². The van der Waals surface area contributed by atoms with Gasteiger partial charge in [0.05, 0.1) is 20.2 Å². The Morgan fingerprint density at radius 1 is 1.15 bits per heavy atom. The zero-order valence-electron chi connectivity index (χ0n) is 15.1. The highest BCUT2D eigenvalue weighted by Gasteiger charge is 2.36. The fourth-order valence-electron chi connectivity index (χ4n) is 3.16. The number of nitrogens with zero attached hydrogens (tertiary/aromatic N) is 3. The maximum atomic E-state index is 12.7. The molecule has 6 heteroatoms. The number of aromatic nitrogens is 1. The summed E-state index contributed by atoms with van der Waals surface area (Å²) >= 11 is 0. The molecule has 2 aromatic rings. The Hall–Kier alpha value is -2.89. The second-order valence-electron chi connectivity index (χ2n) is 6.35. The first-order valence-corrected chi connectivity index (χ1v) is 8.70. The summed E-state index contributed by atoms with van der Waals surface area (Å²) < 4.78 is 5.30. The maximum Gasteiger partial charge on any atom is 0.245 e. The lowest BCUT2D eigenvalue weighted by molar-refractivity contribution is -0.155. The predicted molar refractivity (Wildman–Crippen MR) is 97.5 cm³/mol. The maximum absolute atomic E-state index is 12.7. The van der Waals surface area contributed by atoms with E-state index in [0.29, 0.717) is 18.0 Å². The van der Waals surface area contributed by atoms with Crippen molar-refractivity contribution in [2.24, 2.45) is 0 Å². The van der Waals surface area contributed by atoms with E-state index in [-0.39, 0.29) is 24.9 Å². The van der Waals surface area contributed by atoms with Crippen LogP contribution < -0.4 is 4.74 Å². The standard InChI is InChI=1S/C20H23N3O3/c1-15-20(25)22(12-10-16-7-4-3-5-8-16)14-19(24)23(15)13-17-18(26-2)9-6-11-21-17/h3-9,11,15H,10,12-14H2,1-2H3/t15-/m0/s1. The molecule has 0 N–H and O–H groups in total. The van der Waals surface area contributed by atoms with Crippen molar-refractivity contribution in [2.75, 3.05) is 20.2 Å². The molecule has 0 bridgehead atoms. The third-order valence-electron chi connectivity index (χ3n) is 4.68. The van der Waals surface area contributed by atoms with Gasteiger partial charge in [0.15, 0.2) is 0 Å². The summed E-state index contributed by atoms with van der Waals surface area (Å²) in [5.41, 5.74) is 1.81. The number of benzene rings is 1. The average molecular weight is 353 g/mol. The van der Waals surface area contributed by atoms with Crippen LogP contribution in [-0.2, 0) is 22.6 Å². The fraction of sp³-hybridized carbons (Fsp3) is 0.350.